The standard InChI is InChI=1S/C35H50N4O10S/c1-35(2,14-15-36-33(41)37-16-19-47-20-17-37)24-38(50(44,45)27-11-9-26(46-3)10-12-27)22-31(40)29(21-25-7-5-4-6-8-25)39(34(42)43)30-23-49-32-28(30)13-18-48-32/h4-12,28-32,40H,13-24H2,1-3H3,(H,36,41)(H,42,43)/p-1/t28-,29-,30-,31+,32+/m0/s1. The van der Waals surface area contributed by atoms with Crippen LogP contribution in [0, 0.1) is 11.3 Å². The summed E-state index contributed by atoms with van der Waals surface area (Å²) in [4.78, 5) is 28.4. The molecule has 0 aliphatic carbocycles. The van der Waals surface area contributed by atoms with E-state index >= 15 is 0 Å². The third-order valence-corrected chi connectivity index (χ3v) is 11.6. The Morgan fingerprint density at radius 2 is 1.78 bits per heavy atom. The van der Waals surface area contributed by atoms with Gasteiger partial charge in [-0.2, -0.15) is 4.31 Å². The predicted octanol–water partition coefficient (Wildman–Crippen LogP) is 1.52. The number of rotatable bonds is 15. The van der Waals surface area contributed by atoms with Gasteiger partial charge in [-0.1, -0.05) is 44.2 Å². The van der Waals surface area contributed by atoms with E-state index in [0.29, 0.717) is 58.0 Å². The van der Waals surface area contributed by atoms with Crippen LogP contribution >= 0.6 is 0 Å². The maximum atomic E-state index is 14.3. The van der Waals surface area contributed by atoms with Gasteiger partial charge in [0, 0.05) is 38.6 Å². The number of carbonyl (C=O) groups is 2. The molecule has 15 heteroatoms. The number of hydrogen-bond acceptors (Lipinski definition) is 10. The van der Waals surface area contributed by atoms with E-state index < -0.39 is 52.6 Å². The lowest BCUT2D eigenvalue weighted by atomic mass is 9.89. The average molecular weight is 718 g/mol. The van der Waals surface area contributed by atoms with Crippen molar-refractivity contribution in [2.24, 2.45) is 11.3 Å². The molecule has 0 bridgehead atoms. The van der Waals surface area contributed by atoms with Gasteiger partial charge in [0.15, 0.2) is 6.29 Å². The van der Waals surface area contributed by atoms with E-state index in [9.17, 15) is 28.2 Å². The number of hydrogen-bond donors (Lipinski definition) is 2. The van der Waals surface area contributed by atoms with Gasteiger partial charge in [0.25, 0.3) is 0 Å². The summed E-state index contributed by atoms with van der Waals surface area (Å²) in [5.74, 6) is 0.233. The lowest BCUT2D eigenvalue weighted by molar-refractivity contribution is -0.273. The maximum absolute atomic E-state index is 14.3. The second-order valence-corrected chi connectivity index (χ2v) is 15.7. The van der Waals surface area contributed by atoms with Crippen LogP contribution < -0.4 is 15.2 Å². The number of carboxylic acid groups (broad SMARTS) is 1. The molecule has 5 rings (SSSR count). The molecule has 0 unspecified atom stereocenters. The van der Waals surface area contributed by atoms with Crippen molar-refractivity contribution in [3.8, 4) is 5.75 Å². The number of benzene rings is 2. The summed E-state index contributed by atoms with van der Waals surface area (Å²) in [6.07, 6.45) is -2.37. The summed E-state index contributed by atoms with van der Waals surface area (Å²) < 4.78 is 51.9. The van der Waals surface area contributed by atoms with Gasteiger partial charge in [-0.15, -0.1) is 0 Å². The summed E-state index contributed by atoms with van der Waals surface area (Å²) in [7, 11) is -2.73. The van der Waals surface area contributed by atoms with Gasteiger partial charge in [-0.05, 0) is 54.5 Å². The van der Waals surface area contributed by atoms with Gasteiger partial charge < -0.3 is 49.1 Å². The molecule has 2 aromatic rings. The SMILES string of the molecule is COc1ccc(S(=O)(=O)N(C[C@@H](O)[C@H](Cc2ccccc2)N(C(=O)[O-])[C@H]2CO[C@H]3OCC[C@H]32)CC(C)(C)CCNC(=O)N2CCOCC2)cc1. The van der Waals surface area contributed by atoms with Crippen LogP contribution in [0.1, 0.15) is 32.3 Å². The van der Waals surface area contributed by atoms with Crippen LogP contribution in [0.4, 0.5) is 9.59 Å². The summed E-state index contributed by atoms with van der Waals surface area (Å²) in [6, 6.07) is 13.2. The quantitative estimate of drug-likeness (QED) is 0.276. The van der Waals surface area contributed by atoms with Crippen LogP contribution in [0.25, 0.3) is 0 Å². The van der Waals surface area contributed by atoms with Crippen molar-refractivity contribution < 1.29 is 47.2 Å². The fourth-order valence-corrected chi connectivity index (χ4v) is 8.58. The molecule has 14 nitrogen and oxygen atoms in total. The minimum absolute atomic E-state index is 0.00609. The molecule has 0 spiro atoms. The Hall–Kier alpha value is -3.47. The third-order valence-electron chi connectivity index (χ3n) is 9.73. The molecule has 276 valence electrons. The van der Waals surface area contributed by atoms with Crippen LogP contribution in [0.15, 0.2) is 59.5 Å². The largest absolute Gasteiger partial charge is 0.530 e. The Kier molecular flexibility index (Phi) is 12.6. The molecular formula is C35H49N4O10S-. The number of ether oxygens (including phenoxy) is 4. The summed E-state index contributed by atoms with van der Waals surface area (Å²) in [5, 5.41) is 27.9. The first kappa shape index (κ1) is 37.8. The van der Waals surface area contributed by atoms with E-state index in [4.69, 9.17) is 18.9 Å². The first-order valence-corrected chi connectivity index (χ1v) is 18.5. The predicted molar refractivity (Wildman–Crippen MR) is 181 cm³/mol. The normalized spacial score (nSPS) is 22.2. The van der Waals surface area contributed by atoms with Gasteiger partial charge in [0.1, 0.15) is 11.8 Å². The molecule has 2 N–H and O–H groups in total. The molecule has 50 heavy (non-hydrogen) atoms. The number of fused-ring (bicyclic) bond motifs is 1. The highest BCUT2D eigenvalue weighted by atomic mass is 32.2. The average Bonchev–Trinajstić information content (AvgIpc) is 3.73. The summed E-state index contributed by atoms with van der Waals surface area (Å²) in [6.45, 7) is 6.08. The zero-order valence-corrected chi connectivity index (χ0v) is 29.8. The molecule has 0 saturated carbocycles. The Morgan fingerprint density at radius 3 is 2.44 bits per heavy atom. The Morgan fingerprint density at radius 1 is 1.08 bits per heavy atom. The second-order valence-electron chi connectivity index (χ2n) is 13.8. The van der Waals surface area contributed by atoms with Gasteiger partial charge in [0.2, 0.25) is 10.0 Å². The fourth-order valence-electron chi connectivity index (χ4n) is 6.94. The van der Waals surface area contributed by atoms with Crippen LogP contribution in [-0.2, 0) is 30.7 Å². The number of urea groups is 1. The molecular weight excluding hydrogens is 668 g/mol. The van der Waals surface area contributed by atoms with E-state index in [-0.39, 0.29) is 36.4 Å². The number of aliphatic hydroxyl groups is 1. The molecule has 2 aromatic carbocycles. The highest BCUT2D eigenvalue weighted by molar-refractivity contribution is 7.89. The molecule has 3 amide bonds. The summed E-state index contributed by atoms with van der Waals surface area (Å²) >= 11 is 0. The lowest BCUT2D eigenvalue weighted by Crippen LogP contribution is -2.61. The minimum atomic E-state index is -4.22. The van der Waals surface area contributed by atoms with Gasteiger partial charge in [0.05, 0.1) is 56.6 Å². The van der Waals surface area contributed by atoms with E-state index in [1.54, 1.807) is 17.0 Å². The fraction of sp³-hybridized carbons (Fsp3) is 0.600. The molecule has 3 saturated heterocycles. The molecule has 5 atom stereocenters. The van der Waals surface area contributed by atoms with Crippen molar-refractivity contribution in [1.29, 1.82) is 0 Å². The molecule has 3 aliphatic heterocycles. The Labute approximate surface area is 294 Å². The number of carbonyl (C=O) groups excluding carboxylic acids is 2. The topological polar surface area (TPSA) is 170 Å². The van der Waals surface area contributed by atoms with Crippen molar-refractivity contribution in [2.75, 3.05) is 66.3 Å². The van der Waals surface area contributed by atoms with E-state index in [2.05, 4.69) is 5.32 Å². The smallest absolute Gasteiger partial charge is 0.317 e. The van der Waals surface area contributed by atoms with Gasteiger partial charge in [-0.25, -0.2) is 13.2 Å². The number of methoxy groups -OCH3 is 1. The van der Waals surface area contributed by atoms with Crippen LogP contribution in [0.2, 0.25) is 0 Å². The highest BCUT2D eigenvalue weighted by Crippen LogP contribution is 2.36. The van der Waals surface area contributed by atoms with Crippen molar-refractivity contribution >= 4 is 22.1 Å². The molecule has 3 aliphatic rings. The first-order valence-electron chi connectivity index (χ1n) is 17.1. The number of nitrogens with zero attached hydrogens (tertiary/aromatic N) is 3. The number of aliphatic hydroxyl groups excluding tert-OH is 1. The lowest BCUT2D eigenvalue weighted by Gasteiger charge is -2.43. The van der Waals surface area contributed by atoms with Crippen molar-refractivity contribution in [2.45, 2.75) is 62.5 Å². The van der Waals surface area contributed by atoms with Gasteiger partial charge >= 0.3 is 6.03 Å². The number of amides is 3. The Balaban J connectivity index is 1.41. The van der Waals surface area contributed by atoms with Crippen molar-refractivity contribution in [3.05, 3.63) is 60.2 Å². The minimum Gasteiger partial charge on any atom is -0.530 e. The van der Waals surface area contributed by atoms with Crippen LogP contribution in [0.3, 0.4) is 0 Å². The first-order chi connectivity index (χ1) is 23.9. The second kappa shape index (κ2) is 16.7. The molecule has 3 heterocycles. The summed E-state index contributed by atoms with van der Waals surface area (Å²) in [5.41, 5.74) is 0.0932. The van der Waals surface area contributed by atoms with Crippen LogP contribution in [-0.4, -0.2) is 130 Å². The highest BCUT2D eigenvalue weighted by Gasteiger charge is 2.47. The van der Waals surface area contributed by atoms with Gasteiger partial charge in [-0.3, -0.25) is 0 Å². The van der Waals surface area contributed by atoms with E-state index in [1.165, 1.54) is 23.5 Å². The van der Waals surface area contributed by atoms with E-state index in [1.807, 2.05) is 44.2 Å². The molecule has 0 aromatic heterocycles. The Bertz CT molecular complexity index is 1520. The van der Waals surface area contributed by atoms with Crippen molar-refractivity contribution in [1.82, 2.24) is 19.4 Å². The zero-order valence-electron chi connectivity index (χ0n) is 28.9. The zero-order chi connectivity index (χ0) is 35.9. The number of morpholine rings is 1. The monoisotopic (exact) mass is 717 g/mol. The number of nitrogens with one attached hydrogen (secondary N) is 1. The molecule has 3 fully saturated rings. The van der Waals surface area contributed by atoms with E-state index in [0.717, 1.165) is 10.5 Å². The maximum Gasteiger partial charge on any atom is 0.317 e. The number of sulfonamides is 1. The third kappa shape index (κ3) is 9.25. The van der Waals surface area contributed by atoms with Crippen molar-refractivity contribution in [3.63, 3.8) is 0 Å². The molecule has 0 radical (unpaired) electrons. The van der Waals surface area contributed by atoms with Crippen LogP contribution in [0.5, 0.6) is 5.75 Å².